The summed E-state index contributed by atoms with van der Waals surface area (Å²) in [7, 11) is 0. The van der Waals surface area contributed by atoms with Gasteiger partial charge in [0.25, 0.3) is 5.69 Å². The Hall–Kier alpha value is -2.50. The zero-order valence-electron chi connectivity index (χ0n) is 11.2. The molecule has 0 atom stereocenters. The Morgan fingerprint density at radius 2 is 2.10 bits per heavy atom. The quantitative estimate of drug-likeness (QED) is 0.262. The Kier molecular flexibility index (Phi) is 5.58. The summed E-state index contributed by atoms with van der Waals surface area (Å²) in [5.74, 6) is -1.00. The Morgan fingerprint density at radius 1 is 1.40 bits per heavy atom. The van der Waals surface area contributed by atoms with Crippen molar-refractivity contribution in [3.63, 3.8) is 0 Å². The van der Waals surface area contributed by atoms with E-state index in [4.69, 9.17) is 4.74 Å². The summed E-state index contributed by atoms with van der Waals surface area (Å²) in [6, 6.07) is 5.86. The Balaban J connectivity index is 2.63. The lowest BCUT2D eigenvalue weighted by Gasteiger charge is -2.05. The van der Waals surface area contributed by atoms with E-state index in [9.17, 15) is 19.7 Å². The minimum absolute atomic E-state index is 0.0567. The number of esters is 1. The van der Waals surface area contributed by atoms with E-state index in [1.807, 2.05) is 0 Å². The molecule has 0 aliphatic carbocycles. The van der Waals surface area contributed by atoms with Gasteiger partial charge in [0.05, 0.1) is 11.0 Å². The third kappa shape index (κ3) is 5.43. The molecule has 20 heavy (non-hydrogen) atoms. The van der Waals surface area contributed by atoms with Crippen LogP contribution in [0.5, 0.6) is 0 Å². The van der Waals surface area contributed by atoms with Crippen molar-refractivity contribution >= 4 is 23.5 Å². The molecule has 0 N–H and O–H groups in total. The lowest BCUT2D eigenvalue weighted by atomic mass is 10.1. The maximum absolute atomic E-state index is 11.5. The highest BCUT2D eigenvalue weighted by Gasteiger charge is 2.10. The molecule has 1 rings (SSSR count). The van der Waals surface area contributed by atoms with E-state index in [1.165, 1.54) is 30.4 Å². The van der Waals surface area contributed by atoms with E-state index < -0.39 is 16.7 Å². The Labute approximate surface area is 116 Å². The third-order valence-electron chi connectivity index (χ3n) is 2.23. The molecule has 0 spiro atoms. The van der Waals surface area contributed by atoms with Gasteiger partial charge in [-0.25, -0.2) is 0 Å². The smallest absolute Gasteiger partial charge is 0.313 e. The monoisotopic (exact) mass is 277 g/mol. The highest BCUT2D eigenvalue weighted by atomic mass is 16.6. The second kappa shape index (κ2) is 7.18. The molecule has 6 nitrogen and oxygen atoms in total. The average molecular weight is 277 g/mol. The lowest BCUT2D eigenvalue weighted by Crippen LogP contribution is -2.14. The molecule has 106 valence electrons. The molecule has 1 aromatic rings. The fourth-order valence-corrected chi connectivity index (χ4v) is 1.44. The van der Waals surface area contributed by atoms with Gasteiger partial charge in [0.15, 0.2) is 5.78 Å². The molecule has 0 radical (unpaired) electrons. The predicted molar refractivity (Wildman–Crippen MR) is 73.0 cm³/mol. The van der Waals surface area contributed by atoms with Gasteiger partial charge in [-0.05, 0) is 25.5 Å². The SMILES string of the molecule is CC(C)OC(=O)CC(=O)/C=C\c1cccc([N+](=O)[O-])c1. The van der Waals surface area contributed by atoms with Crippen LogP contribution in [-0.2, 0) is 14.3 Å². The molecule has 0 aliphatic heterocycles. The predicted octanol–water partition coefficient (Wildman–Crippen LogP) is 2.52. The standard InChI is InChI=1S/C14H15NO5/c1-10(2)20-14(17)9-13(16)7-6-11-4-3-5-12(8-11)15(18)19/h3-8,10H,9H2,1-2H3/b7-6-. The number of ether oxygens (including phenoxy) is 1. The molecule has 0 bridgehead atoms. The van der Waals surface area contributed by atoms with Crippen LogP contribution in [0.1, 0.15) is 25.8 Å². The number of non-ortho nitro benzene ring substituents is 1. The average Bonchev–Trinajstić information content (AvgIpc) is 2.35. The summed E-state index contributed by atoms with van der Waals surface area (Å²) in [6.45, 7) is 3.39. The minimum Gasteiger partial charge on any atom is -0.463 e. The number of hydrogen-bond donors (Lipinski definition) is 0. The van der Waals surface area contributed by atoms with Crippen LogP contribution in [0.3, 0.4) is 0 Å². The van der Waals surface area contributed by atoms with Gasteiger partial charge >= 0.3 is 5.97 Å². The molecule has 6 heteroatoms. The van der Waals surface area contributed by atoms with Gasteiger partial charge in [-0.15, -0.1) is 0 Å². The number of nitro benzene ring substituents is 1. The van der Waals surface area contributed by atoms with Crippen molar-refractivity contribution in [3.8, 4) is 0 Å². The number of nitro groups is 1. The van der Waals surface area contributed by atoms with Crippen molar-refractivity contribution in [2.45, 2.75) is 26.4 Å². The van der Waals surface area contributed by atoms with Crippen LogP contribution in [0.15, 0.2) is 30.3 Å². The number of benzene rings is 1. The molecule has 0 aromatic heterocycles. The first-order chi connectivity index (χ1) is 9.38. The molecule has 0 saturated heterocycles. The van der Waals surface area contributed by atoms with E-state index in [0.29, 0.717) is 5.56 Å². The topological polar surface area (TPSA) is 86.5 Å². The van der Waals surface area contributed by atoms with E-state index in [0.717, 1.165) is 0 Å². The number of carbonyl (C=O) groups excluding carboxylic acids is 2. The summed E-state index contributed by atoms with van der Waals surface area (Å²) >= 11 is 0. The van der Waals surface area contributed by atoms with Crippen LogP contribution in [0.25, 0.3) is 6.08 Å². The van der Waals surface area contributed by atoms with Gasteiger partial charge in [0.1, 0.15) is 6.42 Å². The molecule has 0 unspecified atom stereocenters. The number of rotatable bonds is 6. The van der Waals surface area contributed by atoms with E-state index in [2.05, 4.69) is 0 Å². The van der Waals surface area contributed by atoms with Crippen molar-refractivity contribution in [1.29, 1.82) is 0 Å². The van der Waals surface area contributed by atoms with Gasteiger partial charge in [-0.1, -0.05) is 18.2 Å². The van der Waals surface area contributed by atoms with Gasteiger partial charge in [-0.3, -0.25) is 19.7 Å². The number of hydrogen-bond acceptors (Lipinski definition) is 5. The normalized spacial score (nSPS) is 10.8. The first-order valence-electron chi connectivity index (χ1n) is 6.03. The number of nitrogens with zero attached hydrogens (tertiary/aromatic N) is 1. The molecular formula is C14H15NO5. The van der Waals surface area contributed by atoms with Crippen LogP contribution >= 0.6 is 0 Å². The fraction of sp³-hybridized carbons (Fsp3) is 0.286. The minimum atomic E-state index is -0.589. The third-order valence-corrected chi connectivity index (χ3v) is 2.23. The van der Waals surface area contributed by atoms with Crippen molar-refractivity contribution in [2.24, 2.45) is 0 Å². The zero-order valence-corrected chi connectivity index (χ0v) is 11.2. The molecular weight excluding hydrogens is 262 g/mol. The highest BCUT2D eigenvalue weighted by molar-refractivity contribution is 6.04. The second-order valence-corrected chi connectivity index (χ2v) is 4.37. The van der Waals surface area contributed by atoms with Crippen molar-refractivity contribution < 1.29 is 19.2 Å². The molecule has 0 heterocycles. The highest BCUT2D eigenvalue weighted by Crippen LogP contribution is 2.14. The van der Waals surface area contributed by atoms with Gasteiger partial charge in [0, 0.05) is 12.1 Å². The second-order valence-electron chi connectivity index (χ2n) is 4.37. The summed E-state index contributed by atoms with van der Waals surface area (Å²) in [5, 5.41) is 10.6. The molecule has 0 aliphatic rings. The van der Waals surface area contributed by atoms with Crippen molar-refractivity contribution in [3.05, 3.63) is 46.0 Å². The van der Waals surface area contributed by atoms with Crippen LogP contribution in [0, 0.1) is 10.1 Å². The largest absolute Gasteiger partial charge is 0.463 e. The summed E-state index contributed by atoms with van der Waals surface area (Å²) < 4.78 is 4.84. The van der Waals surface area contributed by atoms with Crippen LogP contribution < -0.4 is 0 Å². The maximum Gasteiger partial charge on any atom is 0.313 e. The van der Waals surface area contributed by atoms with Crippen LogP contribution in [0.4, 0.5) is 5.69 Å². The van der Waals surface area contributed by atoms with E-state index in [-0.39, 0.29) is 18.2 Å². The lowest BCUT2D eigenvalue weighted by molar-refractivity contribution is -0.384. The van der Waals surface area contributed by atoms with Crippen LogP contribution in [-0.4, -0.2) is 22.8 Å². The molecule has 0 amide bonds. The first-order valence-corrected chi connectivity index (χ1v) is 6.03. The van der Waals surface area contributed by atoms with E-state index in [1.54, 1.807) is 19.9 Å². The van der Waals surface area contributed by atoms with Gasteiger partial charge in [0.2, 0.25) is 0 Å². The summed E-state index contributed by atoms with van der Waals surface area (Å²) in [6.07, 6.45) is 2.03. The van der Waals surface area contributed by atoms with Crippen molar-refractivity contribution in [1.82, 2.24) is 0 Å². The Morgan fingerprint density at radius 3 is 2.70 bits per heavy atom. The van der Waals surface area contributed by atoms with Gasteiger partial charge < -0.3 is 4.74 Å². The number of allylic oxidation sites excluding steroid dienone is 1. The molecule has 0 fully saturated rings. The zero-order chi connectivity index (χ0) is 15.1. The fourth-order valence-electron chi connectivity index (χ4n) is 1.44. The molecule has 1 aromatic carbocycles. The summed E-state index contributed by atoms with van der Waals surface area (Å²) in [5.41, 5.74) is 0.462. The molecule has 0 saturated carbocycles. The van der Waals surface area contributed by atoms with Crippen molar-refractivity contribution in [2.75, 3.05) is 0 Å². The van der Waals surface area contributed by atoms with E-state index >= 15 is 0 Å². The summed E-state index contributed by atoms with van der Waals surface area (Å²) in [4.78, 5) is 32.8. The van der Waals surface area contributed by atoms with Gasteiger partial charge in [-0.2, -0.15) is 0 Å². The number of carbonyl (C=O) groups is 2. The number of ketones is 1. The maximum atomic E-state index is 11.5. The Bertz CT molecular complexity index is 548. The van der Waals surface area contributed by atoms with Crippen LogP contribution in [0.2, 0.25) is 0 Å². The first kappa shape index (κ1) is 15.6.